The van der Waals surface area contributed by atoms with Gasteiger partial charge in [0, 0.05) is 36.5 Å². The van der Waals surface area contributed by atoms with Crippen molar-refractivity contribution in [3.8, 4) is 11.3 Å². The molecular weight excluding hydrogens is 418 g/mol. The smallest absolute Gasteiger partial charge is 0.336 e. The Labute approximate surface area is 182 Å². The van der Waals surface area contributed by atoms with E-state index >= 15 is 0 Å². The van der Waals surface area contributed by atoms with E-state index in [0.717, 1.165) is 17.8 Å². The molecule has 1 saturated heterocycles. The molecule has 0 aliphatic carbocycles. The molecule has 8 nitrogen and oxygen atoms in total. The normalized spacial score (nSPS) is 14.6. The van der Waals surface area contributed by atoms with Gasteiger partial charge in [-0.2, -0.15) is 0 Å². The predicted molar refractivity (Wildman–Crippen MR) is 117 cm³/mol. The summed E-state index contributed by atoms with van der Waals surface area (Å²) >= 11 is 1.50. The quantitative estimate of drug-likeness (QED) is 0.443. The molecule has 1 aliphatic heterocycles. The number of piperidine rings is 1. The number of hydrogen-bond acceptors (Lipinski definition) is 7. The minimum atomic E-state index is -0.455. The Bertz CT molecular complexity index is 1180. The summed E-state index contributed by atoms with van der Waals surface area (Å²) in [7, 11) is 0. The van der Waals surface area contributed by atoms with Crippen LogP contribution in [0.15, 0.2) is 44.9 Å². The Hall–Kier alpha value is -3.33. The number of rotatable bonds is 4. The summed E-state index contributed by atoms with van der Waals surface area (Å²) in [6.07, 6.45) is 1.51. The van der Waals surface area contributed by atoms with Gasteiger partial charge in [0.2, 0.25) is 0 Å². The topological polar surface area (TPSA) is 107 Å². The zero-order valence-electron chi connectivity index (χ0n) is 17.2. The lowest BCUT2D eigenvalue weighted by Crippen LogP contribution is -2.38. The lowest BCUT2D eigenvalue weighted by atomic mass is 9.96. The van der Waals surface area contributed by atoms with Crippen molar-refractivity contribution in [1.82, 2.24) is 9.88 Å². The third-order valence-electron chi connectivity index (χ3n) is 5.58. The van der Waals surface area contributed by atoms with Crippen LogP contribution < -0.4 is 5.63 Å². The van der Waals surface area contributed by atoms with E-state index in [1.54, 1.807) is 36.9 Å². The van der Waals surface area contributed by atoms with Crippen LogP contribution in [-0.2, 0) is 0 Å². The number of amides is 1. The van der Waals surface area contributed by atoms with Crippen molar-refractivity contribution in [3.63, 3.8) is 0 Å². The van der Waals surface area contributed by atoms with Gasteiger partial charge in [0.05, 0.1) is 26.8 Å². The van der Waals surface area contributed by atoms with Gasteiger partial charge in [-0.3, -0.25) is 14.9 Å². The standard InChI is InChI=1S/C22H21N3O5S/c1-13-11-19(26)30-14(2)20(13)22(27)24-9-7-15(8-10-24)21-23-17(12-31-21)16-5-3-4-6-18(16)25(28)29/h3-6,11-12,15H,7-10H2,1-2H3. The van der Waals surface area contributed by atoms with Crippen LogP contribution in [0.2, 0.25) is 0 Å². The van der Waals surface area contributed by atoms with Crippen LogP contribution in [0.5, 0.6) is 0 Å². The number of para-hydroxylation sites is 1. The number of nitrogens with zero attached hydrogens (tertiary/aromatic N) is 3. The first kappa shape index (κ1) is 20.9. The number of aryl methyl sites for hydroxylation is 2. The molecule has 0 N–H and O–H groups in total. The summed E-state index contributed by atoms with van der Waals surface area (Å²) in [4.78, 5) is 41.8. The van der Waals surface area contributed by atoms with Crippen molar-refractivity contribution < 1.29 is 14.1 Å². The number of likely N-dealkylation sites (tertiary alicyclic amines) is 1. The largest absolute Gasteiger partial charge is 0.427 e. The Morgan fingerprint density at radius 3 is 2.65 bits per heavy atom. The maximum Gasteiger partial charge on any atom is 0.336 e. The molecule has 9 heteroatoms. The van der Waals surface area contributed by atoms with Gasteiger partial charge < -0.3 is 9.32 Å². The second-order valence-electron chi connectivity index (χ2n) is 7.59. The lowest BCUT2D eigenvalue weighted by Gasteiger charge is -2.31. The molecule has 0 unspecified atom stereocenters. The van der Waals surface area contributed by atoms with Gasteiger partial charge >= 0.3 is 5.63 Å². The third-order valence-corrected chi connectivity index (χ3v) is 6.59. The fourth-order valence-corrected chi connectivity index (χ4v) is 5.00. The summed E-state index contributed by atoms with van der Waals surface area (Å²) in [5.41, 5.74) is 1.78. The zero-order chi connectivity index (χ0) is 22.1. The molecule has 3 aromatic rings. The maximum atomic E-state index is 13.0. The van der Waals surface area contributed by atoms with Crippen LogP contribution in [0, 0.1) is 24.0 Å². The van der Waals surface area contributed by atoms with Crippen LogP contribution in [0.4, 0.5) is 5.69 Å². The molecule has 3 heterocycles. The Morgan fingerprint density at radius 2 is 1.97 bits per heavy atom. The highest BCUT2D eigenvalue weighted by Crippen LogP contribution is 2.36. The average Bonchev–Trinajstić information content (AvgIpc) is 3.23. The molecule has 1 aromatic carbocycles. The molecule has 0 atom stereocenters. The van der Waals surface area contributed by atoms with Gasteiger partial charge in [-0.05, 0) is 38.3 Å². The number of hydrogen-bond donors (Lipinski definition) is 0. The van der Waals surface area contributed by atoms with Gasteiger partial charge in [0.25, 0.3) is 11.6 Å². The third kappa shape index (κ3) is 4.13. The number of nitro groups is 1. The van der Waals surface area contributed by atoms with E-state index in [-0.39, 0.29) is 17.5 Å². The number of nitro benzene ring substituents is 1. The number of carbonyl (C=O) groups is 1. The van der Waals surface area contributed by atoms with E-state index in [2.05, 4.69) is 4.98 Å². The molecule has 0 spiro atoms. The molecule has 0 bridgehead atoms. The molecular formula is C22H21N3O5S. The minimum Gasteiger partial charge on any atom is -0.427 e. The fourth-order valence-electron chi connectivity index (χ4n) is 4.01. The van der Waals surface area contributed by atoms with Gasteiger partial charge in [-0.15, -0.1) is 11.3 Å². The van der Waals surface area contributed by atoms with Crippen molar-refractivity contribution in [3.05, 3.63) is 78.1 Å². The van der Waals surface area contributed by atoms with Gasteiger partial charge in [-0.1, -0.05) is 12.1 Å². The van der Waals surface area contributed by atoms with E-state index in [1.807, 2.05) is 5.38 Å². The molecule has 2 aromatic heterocycles. The maximum absolute atomic E-state index is 13.0. The van der Waals surface area contributed by atoms with E-state index < -0.39 is 10.5 Å². The first-order valence-corrected chi connectivity index (χ1v) is 10.8. The number of aromatic nitrogens is 1. The minimum absolute atomic E-state index is 0.0417. The molecule has 4 rings (SSSR count). The Kier molecular flexibility index (Phi) is 5.69. The van der Waals surface area contributed by atoms with Crippen molar-refractivity contribution in [2.75, 3.05) is 13.1 Å². The number of benzene rings is 1. The molecule has 1 amide bonds. The van der Waals surface area contributed by atoms with E-state index in [0.29, 0.717) is 41.2 Å². The lowest BCUT2D eigenvalue weighted by molar-refractivity contribution is -0.384. The second kappa shape index (κ2) is 8.43. The first-order valence-electron chi connectivity index (χ1n) is 9.95. The van der Waals surface area contributed by atoms with Crippen molar-refractivity contribution >= 4 is 22.9 Å². The Balaban J connectivity index is 1.48. The summed E-state index contributed by atoms with van der Waals surface area (Å²) < 4.78 is 5.10. The van der Waals surface area contributed by atoms with Crippen molar-refractivity contribution in [2.24, 2.45) is 0 Å². The second-order valence-corrected chi connectivity index (χ2v) is 8.48. The SMILES string of the molecule is Cc1cc(=O)oc(C)c1C(=O)N1CCC(c2nc(-c3ccccc3[N+](=O)[O-])cs2)CC1. The van der Waals surface area contributed by atoms with Crippen LogP contribution in [-0.4, -0.2) is 33.8 Å². The first-order chi connectivity index (χ1) is 14.8. The number of thiazole rings is 1. The van der Waals surface area contributed by atoms with E-state index in [9.17, 15) is 19.7 Å². The molecule has 160 valence electrons. The predicted octanol–water partition coefficient (Wildman–Crippen LogP) is 4.31. The van der Waals surface area contributed by atoms with Gasteiger partial charge in [-0.25, -0.2) is 9.78 Å². The zero-order valence-corrected chi connectivity index (χ0v) is 18.0. The summed E-state index contributed by atoms with van der Waals surface area (Å²) in [6, 6.07) is 7.94. The Morgan fingerprint density at radius 1 is 1.26 bits per heavy atom. The monoisotopic (exact) mass is 439 g/mol. The van der Waals surface area contributed by atoms with Gasteiger partial charge in [0.15, 0.2) is 0 Å². The van der Waals surface area contributed by atoms with Crippen molar-refractivity contribution in [1.29, 1.82) is 0 Å². The highest BCUT2D eigenvalue weighted by atomic mass is 32.1. The molecule has 31 heavy (non-hydrogen) atoms. The molecule has 1 fully saturated rings. The summed E-state index contributed by atoms with van der Waals surface area (Å²) in [5.74, 6) is 0.407. The average molecular weight is 439 g/mol. The molecule has 0 saturated carbocycles. The molecule has 0 radical (unpaired) electrons. The summed E-state index contributed by atoms with van der Waals surface area (Å²) in [5, 5.41) is 14.1. The van der Waals surface area contributed by atoms with Gasteiger partial charge in [0.1, 0.15) is 5.76 Å². The summed E-state index contributed by atoms with van der Waals surface area (Å²) in [6.45, 7) is 4.52. The van der Waals surface area contributed by atoms with Crippen LogP contribution in [0.3, 0.4) is 0 Å². The highest BCUT2D eigenvalue weighted by molar-refractivity contribution is 7.10. The molecule has 1 aliphatic rings. The van der Waals surface area contributed by atoms with Crippen LogP contribution in [0.1, 0.15) is 45.4 Å². The van der Waals surface area contributed by atoms with E-state index in [1.165, 1.54) is 23.5 Å². The fraction of sp³-hybridized carbons (Fsp3) is 0.318. The number of carbonyl (C=O) groups excluding carboxylic acids is 1. The van der Waals surface area contributed by atoms with E-state index in [4.69, 9.17) is 4.42 Å². The highest BCUT2D eigenvalue weighted by Gasteiger charge is 2.29. The van der Waals surface area contributed by atoms with Crippen LogP contribution in [0.25, 0.3) is 11.3 Å². The van der Waals surface area contributed by atoms with Crippen molar-refractivity contribution in [2.45, 2.75) is 32.6 Å². The van der Waals surface area contributed by atoms with Crippen LogP contribution >= 0.6 is 11.3 Å².